The Bertz CT molecular complexity index is 615. The summed E-state index contributed by atoms with van der Waals surface area (Å²) in [5.74, 6) is 0.666. The molecule has 0 aromatic heterocycles. The number of anilines is 2. The van der Waals surface area contributed by atoms with Gasteiger partial charge in [-0.15, -0.1) is 0 Å². The van der Waals surface area contributed by atoms with Crippen LogP contribution in [0.4, 0.5) is 11.4 Å². The zero-order valence-corrected chi connectivity index (χ0v) is 14.4. The van der Waals surface area contributed by atoms with Crippen molar-refractivity contribution in [1.29, 1.82) is 0 Å². The van der Waals surface area contributed by atoms with E-state index in [0.717, 1.165) is 21.6 Å². The average molecular weight is 379 g/mol. The SMILES string of the molecule is COCCOc1ccc(NCC(=O)Nc2ccc(Br)cc2)cc1. The van der Waals surface area contributed by atoms with Crippen LogP contribution in [0.15, 0.2) is 53.0 Å². The van der Waals surface area contributed by atoms with E-state index in [1.165, 1.54) is 0 Å². The lowest BCUT2D eigenvalue weighted by Gasteiger charge is -2.09. The standard InChI is InChI=1S/C17H19BrN2O3/c1-22-10-11-23-16-8-6-14(7-9-16)19-12-17(21)20-15-4-2-13(18)3-5-15/h2-9,19H,10-12H2,1H3,(H,20,21). The lowest BCUT2D eigenvalue weighted by Crippen LogP contribution is -2.21. The number of carbonyl (C=O) groups is 1. The topological polar surface area (TPSA) is 59.6 Å². The number of amides is 1. The highest BCUT2D eigenvalue weighted by molar-refractivity contribution is 9.10. The summed E-state index contributed by atoms with van der Waals surface area (Å²) >= 11 is 3.36. The molecule has 0 aliphatic rings. The number of carbonyl (C=O) groups excluding carboxylic acids is 1. The van der Waals surface area contributed by atoms with Crippen LogP contribution in [0.3, 0.4) is 0 Å². The van der Waals surface area contributed by atoms with E-state index in [-0.39, 0.29) is 12.5 Å². The summed E-state index contributed by atoms with van der Waals surface area (Å²) in [5.41, 5.74) is 1.62. The van der Waals surface area contributed by atoms with Gasteiger partial charge in [-0.3, -0.25) is 4.79 Å². The third kappa shape index (κ3) is 6.30. The molecule has 0 unspecified atom stereocenters. The van der Waals surface area contributed by atoms with Crippen LogP contribution in [0.5, 0.6) is 5.75 Å². The van der Waals surface area contributed by atoms with Crippen LogP contribution in [0, 0.1) is 0 Å². The second-order valence-corrected chi connectivity index (χ2v) is 5.69. The van der Waals surface area contributed by atoms with Crippen LogP contribution >= 0.6 is 15.9 Å². The maximum atomic E-state index is 11.9. The fraction of sp³-hybridized carbons (Fsp3) is 0.235. The Kier molecular flexibility index (Phi) is 6.90. The number of ether oxygens (including phenoxy) is 2. The first kappa shape index (κ1) is 17.3. The van der Waals surface area contributed by atoms with E-state index in [4.69, 9.17) is 9.47 Å². The summed E-state index contributed by atoms with van der Waals surface area (Å²) in [5, 5.41) is 5.89. The van der Waals surface area contributed by atoms with Crippen LogP contribution in [0.1, 0.15) is 0 Å². The molecule has 0 radical (unpaired) electrons. The third-order valence-corrected chi connectivity index (χ3v) is 3.52. The van der Waals surface area contributed by atoms with E-state index in [1.807, 2.05) is 48.5 Å². The van der Waals surface area contributed by atoms with Gasteiger partial charge < -0.3 is 20.1 Å². The molecular weight excluding hydrogens is 360 g/mol. The van der Waals surface area contributed by atoms with E-state index >= 15 is 0 Å². The second kappa shape index (κ2) is 9.17. The van der Waals surface area contributed by atoms with Crippen molar-refractivity contribution in [2.45, 2.75) is 0 Å². The summed E-state index contributed by atoms with van der Waals surface area (Å²) in [6.45, 7) is 1.26. The molecule has 23 heavy (non-hydrogen) atoms. The number of nitrogens with one attached hydrogen (secondary N) is 2. The Balaban J connectivity index is 1.76. The molecule has 5 nitrogen and oxygen atoms in total. The van der Waals surface area contributed by atoms with Crippen molar-refractivity contribution in [3.8, 4) is 5.75 Å². The molecule has 0 atom stereocenters. The summed E-state index contributed by atoms with van der Waals surface area (Å²) in [4.78, 5) is 11.9. The summed E-state index contributed by atoms with van der Waals surface area (Å²) in [6.07, 6.45) is 0. The van der Waals surface area contributed by atoms with Crippen molar-refractivity contribution in [2.24, 2.45) is 0 Å². The predicted octanol–water partition coefficient (Wildman–Crippen LogP) is 3.52. The van der Waals surface area contributed by atoms with Gasteiger partial charge in [0.05, 0.1) is 13.2 Å². The normalized spacial score (nSPS) is 10.2. The zero-order valence-electron chi connectivity index (χ0n) is 12.8. The van der Waals surface area contributed by atoms with E-state index in [9.17, 15) is 4.79 Å². The maximum Gasteiger partial charge on any atom is 0.243 e. The Hall–Kier alpha value is -2.05. The van der Waals surface area contributed by atoms with Gasteiger partial charge in [0.25, 0.3) is 0 Å². The fourth-order valence-corrected chi connectivity index (χ4v) is 2.10. The van der Waals surface area contributed by atoms with Gasteiger partial charge >= 0.3 is 0 Å². The minimum atomic E-state index is -0.104. The number of hydrogen-bond acceptors (Lipinski definition) is 4. The number of halogens is 1. The maximum absolute atomic E-state index is 11.9. The second-order valence-electron chi connectivity index (χ2n) is 4.77. The first-order valence-electron chi connectivity index (χ1n) is 7.18. The molecule has 0 fully saturated rings. The molecule has 2 rings (SSSR count). The van der Waals surface area contributed by atoms with Crippen molar-refractivity contribution in [3.05, 3.63) is 53.0 Å². The third-order valence-electron chi connectivity index (χ3n) is 2.99. The van der Waals surface area contributed by atoms with Crippen LogP contribution in [-0.4, -0.2) is 32.8 Å². The number of benzene rings is 2. The minimum Gasteiger partial charge on any atom is -0.491 e. The van der Waals surface area contributed by atoms with Crippen molar-refractivity contribution in [2.75, 3.05) is 37.5 Å². The Morgan fingerprint density at radius 3 is 2.30 bits per heavy atom. The Labute approximate surface area is 144 Å². The van der Waals surface area contributed by atoms with Gasteiger partial charge in [0, 0.05) is 23.0 Å². The first-order chi connectivity index (χ1) is 11.2. The molecule has 0 aliphatic carbocycles. The molecule has 0 spiro atoms. The minimum absolute atomic E-state index is 0.104. The van der Waals surface area contributed by atoms with Gasteiger partial charge in [-0.05, 0) is 48.5 Å². The summed E-state index contributed by atoms with van der Waals surface area (Å²) in [6, 6.07) is 14.9. The molecule has 0 saturated heterocycles. The van der Waals surface area contributed by atoms with Crippen molar-refractivity contribution < 1.29 is 14.3 Å². The molecule has 2 aromatic rings. The number of hydrogen-bond donors (Lipinski definition) is 2. The number of rotatable bonds is 8. The molecule has 0 bridgehead atoms. The van der Waals surface area contributed by atoms with Gasteiger partial charge in [0.1, 0.15) is 12.4 Å². The molecule has 2 N–H and O–H groups in total. The smallest absolute Gasteiger partial charge is 0.243 e. The van der Waals surface area contributed by atoms with Crippen LogP contribution < -0.4 is 15.4 Å². The molecular formula is C17H19BrN2O3. The van der Waals surface area contributed by atoms with Gasteiger partial charge in [0.15, 0.2) is 0 Å². The van der Waals surface area contributed by atoms with Gasteiger partial charge in [-0.2, -0.15) is 0 Å². The van der Waals surface area contributed by atoms with Crippen LogP contribution in [-0.2, 0) is 9.53 Å². The van der Waals surface area contributed by atoms with E-state index in [2.05, 4.69) is 26.6 Å². The highest BCUT2D eigenvalue weighted by atomic mass is 79.9. The largest absolute Gasteiger partial charge is 0.491 e. The molecule has 6 heteroatoms. The van der Waals surface area contributed by atoms with Gasteiger partial charge in [0.2, 0.25) is 5.91 Å². The molecule has 0 heterocycles. The monoisotopic (exact) mass is 378 g/mol. The highest BCUT2D eigenvalue weighted by Crippen LogP contribution is 2.16. The lowest BCUT2D eigenvalue weighted by atomic mass is 10.3. The van der Waals surface area contributed by atoms with Crippen molar-refractivity contribution >= 4 is 33.2 Å². The summed E-state index contributed by atoms with van der Waals surface area (Å²) < 4.78 is 11.4. The predicted molar refractivity (Wildman–Crippen MR) is 95.1 cm³/mol. The lowest BCUT2D eigenvalue weighted by molar-refractivity contribution is -0.114. The quantitative estimate of drug-likeness (QED) is 0.689. The molecule has 0 aliphatic heterocycles. The van der Waals surface area contributed by atoms with E-state index < -0.39 is 0 Å². The van der Waals surface area contributed by atoms with Crippen molar-refractivity contribution in [3.63, 3.8) is 0 Å². The van der Waals surface area contributed by atoms with E-state index in [0.29, 0.717) is 13.2 Å². The molecule has 1 amide bonds. The summed E-state index contributed by atoms with van der Waals surface area (Å²) in [7, 11) is 1.63. The molecule has 0 saturated carbocycles. The van der Waals surface area contributed by atoms with Gasteiger partial charge in [-0.25, -0.2) is 0 Å². The zero-order chi connectivity index (χ0) is 16.5. The first-order valence-corrected chi connectivity index (χ1v) is 7.98. The highest BCUT2D eigenvalue weighted by Gasteiger charge is 2.02. The van der Waals surface area contributed by atoms with E-state index in [1.54, 1.807) is 7.11 Å². The fourth-order valence-electron chi connectivity index (χ4n) is 1.83. The van der Waals surface area contributed by atoms with Crippen LogP contribution in [0.2, 0.25) is 0 Å². The average Bonchev–Trinajstić information content (AvgIpc) is 2.56. The van der Waals surface area contributed by atoms with Crippen molar-refractivity contribution in [1.82, 2.24) is 0 Å². The van der Waals surface area contributed by atoms with Crippen LogP contribution in [0.25, 0.3) is 0 Å². The Morgan fingerprint density at radius 2 is 1.65 bits per heavy atom. The Morgan fingerprint density at radius 1 is 1.00 bits per heavy atom. The number of methoxy groups -OCH3 is 1. The van der Waals surface area contributed by atoms with Gasteiger partial charge in [-0.1, -0.05) is 15.9 Å². The molecule has 2 aromatic carbocycles. The molecule has 122 valence electrons.